The van der Waals surface area contributed by atoms with E-state index in [1.807, 2.05) is 0 Å². The first-order valence-corrected chi connectivity index (χ1v) is 17.3. The summed E-state index contributed by atoms with van der Waals surface area (Å²) in [5, 5.41) is 32.0. The quantitative estimate of drug-likeness (QED) is 0.169. The summed E-state index contributed by atoms with van der Waals surface area (Å²) in [5.41, 5.74) is 0.310. The van der Waals surface area contributed by atoms with Gasteiger partial charge in [-0.15, -0.1) is 0 Å². The Bertz CT molecular complexity index is 1380. The summed E-state index contributed by atoms with van der Waals surface area (Å²) in [6.45, 7) is 16.0. The fourth-order valence-corrected chi connectivity index (χ4v) is 12.7. The molecule has 0 aromatic heterocycles. The molecular formula is C39H54O6. The van der Waals surface area contributed by atoms with E-state index in [-0.39, 0.29) is 51.3 Å². The zero-order valence-electron chi connectivity index (χ0n) is 28.0. The van der Waals surface area contributed by atoms with Crippen LogP contribution in [0.25, 0.3) is 6.08 Å². The van der Waals surface area contributed by atoms with Crippen LogP contribution in [0.1, 0.15) is 104 Å². The number of carbonyl (C=O) groups is 2. The molecule has 0 spiro atoms. The summed E-state index contributed by atoms with van der Waals surface area (Å²) in [6.07, 6.45) is 11.5. The van der Waals surface area contributed by atoms with Gasteiger partial charge in [-0.3, -0.25) is 4.79 Å². The monoisotopic (exact) mass is 618 g/mol. The molecule has 0 aliphatic heterocycles. The molecule has 246 valence electrons. The molecule has 0 heterocycles. The number of rotatable bonds is 6. The first-order valence-electron chi connectivity index (χ1n) is 17.3. The smallest absolute Gasteiger partial charge is 0.330 e. The number of aliphatic hydroxyl groups excluding tert-OH is 1. The van der Waals surface area contributed by atoms with E-state index in [2.05, 4.69) is 41.2 Å². The highest BCUT2D eigenvalue weighted by molar-refractivity contribution is 5.87. The van der Waals surface area contributed by atoms with Crippen LogP contribution in [0, 0.1) is 56.7 Å². The third-order valence-electron chi connectivity index (χ3n) is 14.8. The van der Waals surface area contributed by atoms with E-state index in [1.165, 1.54) is 6.08 Å². The number of aromatic hydroxyl groups is 1. The number of phenols is 1. The van der Waals surface area contributed by atoms with Gasteiger partial charge in [0.05, 0.1) is 18.1 Å². The highest BCUT2D eigenvalue weighted by atomic mass is 16.5. The third-order valence-corrected chi connectivity index (χ3v) is 14.8. The topological polar surface area (TPSA) is 104 Å². The number of allylic oxidation sites excluding steroid dienone is 1. The third kappa shape index (κ3) is 4.66. The molecule has 3 N–H and O–H groups in total. The molecular weight excluding hydrogens is 564 g/mol. The molecule has 45 heavy (non-hydrogen) atoms. The summed E-state index contributed by atoms with van der Waals surface area (Å²) < 4.78 is 6.01. The number of fused-ring (bicyclic) bond motifs is 7. The number of phenolic OH excluding ortho intramolecular Hbond substituents is 1. The lowest BCUT2D eigenvalue weighted by Crippen LogP contribution is -2.69. The first-order chi connectivity index (χ1) is 21.1. The van der Waals surface area contributed by atoms with Gasteiger partial charge < -0.3 is 20.1 Å². The van der Waals surface area contributed by atoms with E-state index in [0.717, 1.165) is 68.9 Å². The van der Waals surface area contributed by atoms with Crippen LogP contribution in [-0.2, 0) is 14.3 Å². The van der Waals surface area contributed by atoms with Crippen molar-refractivity contribution in [1.82, 2.24) is 0 Å². The predicted molar refractivity (Wildman–Crippen MR) is 175 cm³/mol. The number of aliphatic carboxylic acids is 1. The van der Waals surface area contributed by atoms with Crippen LogP contribution >= 0.6 is 0 Å². The van der Waals surface area contributed by atoms with Gasteiger partial charge in [-0.05, 0) is 141 Å². The van der Waals surface area contributed by atoms with E-state index in [4.69, 9.17) is 4.74 Å². The molecule has 0 saturated heterocycles. The molecule has 5 aliphatic carbocycles. The Morgan fingerprint density at radius 1 is 0.933 bits per heavy atom. The average molecular weight is 619 g/mol. The summed E-state index contributed by atoms with van der Waals surface area (Å²) in [4.78, 5) is 26.9. The second-order valence-corrected chi connectivity index (χ2v) is 16.8. The molecule has 6 nitrogen and oxygen atoms in total. The number of esters is 1. The first kappa shape index (κ1) is 32.3. The number of carbonyl (C=O) groups excluding carboxylic acids is 1. The van der Waals surface area contributed by atoms with Crippen LogP contribution in [0.3, 0.4) is 0 Å². The summed E-state index contributed by atoms with van der Waals surface area (Å²) in [7, 11) is 0. The molecule has 5 fully saturated rings. The molecule has 10 unspecified atom stereocenters. The van der Waals surface area contributed by atoms with Gasteiger partial charge in [0, 0.05) is 11.5 Å². The standard InChI is InChI=1S/C39H54O6/c1-24(2)27-15-20-38(23-45-32(42)14-9-25-7-10-26(40)11-8-25)21-22-39(34(43)44)28(33(27)38)12-13-30-36(5)18-17-31(41)35(3,4)29(36)16-19-37(30,39)6/h7-11,14,27-31,33,40-41H,1,12-13,15-23H2,2-6H3,(H,43,44)/b14-9+. The molecule has 6 rings (SSSR count). The van der Waals surface area contributed by atoms with Crippen molar-refractivity contribution < 1.29 is 29.6 Å². The molecule has 1 aromatic rings. The fourth-order valence-electron chi connectivity index (χ4n) is 12.7. The number of ether oxygens (including phenoxy) is 1. The number of aliphatic hydroxyl groups is 1. The average Bonchev–Trinajstić information content (AvgIpc) is 3.38. The number of hydrogen-bond acceptors (Lipinski definition) is 5. The second kappa shape index (κ2) is 11.0. The SMILES string of the molecule is C=C(C)C1CCC2(COC(=O)/C=C/c3ccc(O)cc3)CCC3(C(=O)O)C(CCC4C5(C)CCC(O)C(C)(C)C5CCC43C)C12. The predicted octanol–water partition coefficient (Wildman–Crippen LogP) is 8.03. The number of carboxylic acid groups (broad SMARTS) is 1. The molecule has 10 atom stereocenters. The summed E-state index contributed by atoms with van der Waals surface area (Å²) >= 11 is 0. The van der Waals surface area contributed by atoms with Crippen molar-refractivity contribution in [2.24, 2.45) is 56.7 Å². The maximum absolute atomic E-state index is 13.9. The highest BCUT2D eigenvalue weighted by Crippen LogP contribution is 2.77. The molecule has 5 aliphatic rings. The van der Waals surface area contributed by atoms with E-state index in [1.54, 1.807) is 30.3 Å². The molecule has 0 radical (unpaired) electrons. The normalized spacial score (nSPS) is 43.4. The van der Waals surface area contributed by atoms with Crippen molar-refractivity contribution in [3.63, 3.8) is 0 Å². The maximum Gasteiger partial charge on any atom is 0.330 e. The van der Waals surface area contributed by atoms with Crippen molar-refractivity contribution in [2.45, 2.75) is 105 Å². The van der Waals surface area contributed by atoms with Crippen molar-refractivity contribution in [3.05, 3.63) is 48.1 Å². The van der Waals surface area contributed by atoms with Gasteiger partial charge in [-0.25, -0.2) is 4.79 Å². The molecule has 6 heteroatoms. The van der Waals surface area contributed by atoms with Crippen molar-refractivity contribution in [1.29, 1.82) is 0 Å². The van der Waals surface area contributed by atoms with E-state index in [0.29, 0.717) is 24.9 Å². The van der Waals surface area contributed by atoms with Gasteiger partial charge in [0.1, 0.15) is 5.75 Å². The van der Waals surface area contributed by atoms with Gasteiger partial charge in [0.15, 0.2) is 0 Å². The summed E-state index contributed by atoms with van der Waals surface area (Å²) in [5.74, 6) is 0.152. The van der Waals surface area contributed by atoms with Crippen molar-refractivity contribution >= 4 is 18.0 Å². The Morgan fingerprint density at radius 2 is 1.64 bits per heavy atom. The fraction of sp³-hybridized carbons (Fsp3) is 0.692. The van der Waals surface area contributed by atoms with Crippen LogP contribution in [0.4, 0.5) is 0 Å². The minimum absolute atomic E-state index is 0.000476. The van der Waals surface area contributed by atoms with Crippen LogP contribution < -0.4 is 0 Å². The molecule has 0 bridgehead atoms. The van der Waals surface area contributed by atoms with Gasteiger partial charge >= 0.3 is 11.9 Å². The van der Waals surface area contributed by atoms with Crippen molar-refractivity contribution in [3.8, 4) is 5.75 Å². The Balaban J connectivity index is 1.32. The number of benzene rings is 1. The second-order valence-electron chi connectivity index (χ2n) is 16.8. The minimum Gasteiger partial charge on any atom is -0.508 e. The van der Waals surface area contributed by atoms with Crippen molar-refractivity contribution in [2.75, 3.05) is 6.61 Å². The summed E-state index contributed by atoms with van der Waals surface area (Å²) in [6, 6.07) is 6.66. The number of hydrogen-bond donors (Lipinski definition) is 3. The zero-order valence-corrected chi connectivity index (χ0v) is 28.0. The Kier molecular flexibility index (Phi) is 7.90. The lowest BCUT2D eigenvalue weighted by Gasteiger charge is -2.72. The van der Waals surface area contributed by atoms with Gasteiger partial charge in [0.2, 0.25) is 0 Å². The largest absolute Gasteiger partial charge is 0.508 e. The minimum atomic E-state index is -0.834. The zero-order chi connectivity index (χ0) is 32.6. The molecule has 5 saturated carbocycles. The van der Waals surface area contributed by atoms with Gasteiger partial charge in [-0.1, -0.05) is 52.0 Å². The van der Waals surface area contributed by atoms with Gasteiger partial charge in [-0.2, -0.15) is 0 Å². The van der Waals surface area contributed by atoms with E-state index in [9.17, 15) is 24.9 Å². The Labute approximate surface area is 269 Å². The van der Waals surface area contributed by atoms with Crippen LogP contribution in [0.2, 0.25) is 0 Å². The van der Waals surface area contributed by atoms with Crippen LogP contribution in [0.15, 0.2) is 42.5 Å². The van der Waals surface area contributed by atoms with Gasteiger partial charge in [0.25, 0.3) is 0 Å². The lowest BCUT2D eigenvalue weighted by molar-refractivity contribution is -0.256. The van der Waals surface area contributed by atoms with Crippen LogP contribution in [0.5, 0.6) is 5.75 Å². The molecule has 0 amide bonds. The van der Waals surface area contributed by atoms with E-state index < -0.39 is 17.4 Å². The molecule has 1 aromatic carbocycles. The van der Waals surface area contributed by atoms with Crippen LogP contribution in [-0.4, -0.2) is 40.0 Å². The van der Waals surface area contributed by atoms with E-state index >= 15 is 0 Å². The lowest BCUT2D eigenvalue weighted by atomic mass is 9.32. The Hall–Kier alpha value is -2.60. The highest BCUT2D eigenvalue weighted by Gasteiger charge is 2.74. The number of carboxylic acids is 1. The Morgan fingerprint density at radius 3 is 2.31 bits per heavy atom. The maximum atomic E-state index is 13.9.